The Balaban J connectivity index is 2.21. The van der Waals surface area contributed by atoms with Gasteiger partial charge in [-0.15, -0.1) is 0 Å². The summed E-state index contributed by atoms with van der Waals surface area (Å²) in [4.78, 5) is 4.40. The van der Waals surface area contributed by atoms with E-state index >= 15 is 0 Å². The number of hydrogen-bond acceptors (Lipinski definition) is 2. The fourth-order valence-corrected chi connectivity index (χ4v) is 2.52. The van der Waals surface area contributed by atoms with E-state index in [1.54, 1.807) is 28.8 Å². The van der Waals surface area contributed by atoms with Crippen LogP contribution in [-0.4, -0.2) is 21.3 Å². The van der Waals surface area contributed by atoms with Gasteiger partial charge in [-0.3, -0.25) is 0 Å². The number of fused-ring (bicyclic) bond motifs is 1. The van der Waals surface area contributed by atoms with E-state index in [0.717, 1.165) is 17.7 Å². The average molecular weight is 323 g/mol. The van der Waals surface area contributed by atoms with Crippen molar-refractivity contribution in [2.45, 2.75) is 13.0 Å². The molecule has 0 radical (unpaired) electrons. The third kappa shape index (κ3) is 2.69. The van der Waals surface area contributed by atoms with Gasteiger partial charge in [-0.2, -0.15) is 0 Å². The summed E-state index contributed by atoms with van der Waals surface area (Å²) in [5.41, 5.74) is 1.67. The van der Waals surface area contributed by atoms with Crippen LogP contribution in [0.25, 0.3) is 22.4 Å². The van der Waals surface area contributed by atoms with Crippen LogP contribution in [0.2, 0.25) is 5.02 Å². The number of aryl methyl sites for hydroxylation is 1. The number of halogens is 3. The summed E-state index contributed by atoms with van der Waals surface area (Å²) < 4.78 is 28.7. The van der Waals surface area contributed by atoms with Crippen molar-refractivity contribution in [1.82, 2.24) is 9.55 Å². The highest BCUT2D eigenvalue weighted by molar-refractivity contribution is 6.30. The second kappa shape index (κ2) is 6.02. The normalized spacial score (nSPS) is 11.3. The van der Waals surface area contributed by atoms with E-state index in [9.17, 15) is 8.78 Å². The fourth-order valence-electron chi connectivity index (χ4n) is 2.39. The van der Waals surface area contributed by atoms with Gasteiger partial charge in [-0.25, -0.2) is 13.8 Å². The molecular weight excluding hydrogens is 310 g/mol. The van der Waals surface area contributed by atoms with Crippen LogP contribution in [0.15, 0.2) is 36.4 Å². The molecule has 2 aromatic carbocycles. The van der Waals surface area contributed by atoms with Crippen molar-refractivity contribution in [3.05, 3.63) is 53.1 Å². The summed E-state index contributed by atoms with van der Waals surface area (Å²) in [6, 6.07) is 9.27. The van der Waals surface area contributed by atoms with Gasteiger partial charge in [0.2, 0.25) is 0 Å². The molecule has 22 heavy (non-hydrogen) atoms. The van der Waals surface area contributed by atoms with E-state index in [4.69, 9.17) is 16.7 Å². The number of aliphatic hydroxyl groups is 1. The van der Waals surface area contributed by atoms with Crippen molar-refractivity contribution in [3.63, 3.8) is 0 Å². The zero-order chi connectivity index (χ0) is 15.7. The molecule has 6 heteroatoms. The molecule has 0 amide bonds. The van der Waals surface area contributed by atoms with Gasteiger partial charge in [0.25, 0.3) is 0 Å². The van der Waals surface area contributed by atoms with Crippen molar-refractivity contribution in [2.75, 3.05) is 6.61 Å². The Hall–Kier alpha value is -1.98. The zero-order valence-electron chi connectivity index (χ0n) is 11.6. The van der Waals surface area contributed by atoms with E-state index in [0.29, 0.717) is 34.8 Å². The van der Waals surface area contributed by atoms with Gasteiger partial charge < -0.3 is 9.67 Å². The highest BCUT2D eigenvalue weighted by Crippen LogP contribution is 2.27. The first kappa shape index (κ1) is 14.9. The lowest BCUT2D eigenvalue weighted by atomic mass is 10.2. The number of benzene rings is 2. The molecule has 0 atom stereocenters. The summed E-state index contributed by atoms with van der Waals surface area (Å²) in [6.45, 7) is 0.458. The third-order valence-electron chi connectivity index (χ3n) is 3.43. The number of imidazole rings is 1. The van der Waals surface area contributed by atoms with Crippen molar-refractivity contribution in [1.29, 1.82) is 0 Å². The van der Waals surface area contributed by atoms with E-state index in [-0.39, 0.29) is 6.61 Å². The standard InChI is InChI=1S/C16H13ClF2N2O/c17-11-4-2-10(3-5-11)16-20-14-8-12(18)13(19)9-15(14)21(16)6-1-7-22/h2-5,8-9,22H,1,6-7H2. The van der Waals surface area contributed by atoms with Crippen LogP contribution >= 0.6 is 11.6 Å². The zero-order valence-corrected chi connectivity index (χ0v) is 12.3. The van der Waals surface area contributed by atoms with Gasteiger partial charge in [-0.1, -0.05) is 11.6 Å². The topological polar surface area (TPSA) is 38.0 Å². The van der Waals surface area contributed by atoms with Crippen LogP contribution in [0.3, 0.4) is 0 Å². The van der Waals surface area contributed by atoms with Crippen LogP contribution < -0.4 is 0 Å². The summed E-state index contributed by atoms with van der Waals surface area (Å²) >= 11 is 5.88. The molecule has 3 rings (SSSR count). The molecule has 1 aromatic heterocycles. The van der Waals surface area contributed by atoms with Crippen molar-refractivity contribution < 1.29 is 13.9 Å². The molecule has 3 nitrogen and oxygen atoms in total. The molecule has 1 heterocycles. The fraction of sp³-hybridized carbons (Fsp3) is 0.188. The molecule has 114 valence electrons. The highest BCUT2D eigenvalue weighted by atomic mass is 35.5. The molecule has 0 aliphatic rings. The lowest BCUT2D eigenvalue weighted by molar-refractivity contribution is 0.281. The Kier molecular flexibility index (Phi) is 4.09. The van der Waals surface area contributed by atoms with Gasteiger partial charge >= 0.3 is 0 Å². The minimum absolute atomic E-state index is 0.00338. The third-order valence-corrected chi connectivity index (χ3v) is 3.68. The first-order valence-corrected chi connectivity index (χ1v) is 7.20. The smallest absolute Gasteiger partial charge is 0.161 e. The molecule has 0 aliphatic carbocycles. The van der Waals surface area contributed by atoms with E-state index in [2.05, 4.69) is 4.98 Å². The Labute approximate surface area is 130 Å². The summed E-state index contributed by atoms with van der Waals surface area (Å²) in [5, 5.41) is 9.64. The second-order valence-electron chi connectivity index (χ2n) is 4.93. The van der Waals surface area contributed by atoms with Crippen LogP contribution in [0.4, 0.5) is 8.78 Å². The summed E-state index contributed by atoms with van der Waals surface area (Å²) in [5.74, 6) is -1.26. The predicted octanol–water partition coefficient (Wildman–Crippen LogP) is 4.02. The number of rotatable bonds is 4. The van der Waals surface area contributed by atoms with Crippen molar-refractivity contribution >= 4 is 22.6 Å². The Bertz CT molecular complexity index is 815. The minimum atomic E-state index is -0.929. The van der Waals surface area contributed by atoms with E-state index < -0.39 is 11.6 Å². The quantitative estimate of drug-likeness (QED) is 0.788. The average Bonchev–Trinajstić information content (AvgIpc) is 2.84. The maximum absolute atomic E-state index is 13.5. The maximum atomic E-state index is 13.5. The maximum Gasteiger partial charge on any atom is 0.161 e. The Morgan fingerprint density at radius 1 is 1.09 bits per heavy atom. The van der Waals surface area contributed by atoms with Crippen LogP contribution in [0.1, 0.15) is 6.42 Å². The monoisotopic (exact) mass is 322 g/mol. The van der Waals surface area contributed by atoms with Crippen molar-refractivity contribution in [3.8, 4) is 11.4 Å². The largest absolute Gasteiger partial charge is 0.396 e. The lowest BCUT2D eigenvalue weighted by Crippen LogP contribution is -2.03. The van der Waals surface area contributed by atoms with E-state index in [1.807, 2.05) is 0 Å². The van der Waals surface area contributed by atoms with Crippen LogP contribution in [-0.2, 0) is 6.54 Å². The van der Waals surface area contributed by atoms with E-state index in [1.165, 1.54) is 0 Å². The summed E-state index contributed by atoms with van der Waals surface area (Å²) in [6.07, 6.45) is 0.491. The first-order valence-electron chi connectivity index (χ1n) is 6.82. The Morgan fingerprint density at radius 3 is 2.45 bits per heavy atom. The molecule has 0 unspecified atom stereocenters. The highest BCUT2D eigenvalue weighted by Gasteiger charge is 2.15. The number of aromatic nitrogens is 2. The SMILES string of the molecule is OCCCn1c(-c2ccc(Cl)cc2)nc2cc(F)c(F)cc21. The first-order chi connectivity index (χ1) is 10.6. The number of aliphatic hydroxyl groups excluding tert-OH is 1. The second-order valence-corrected chi connectivity index (χ2v) is 5.36. The van der Waals surface area contributed by atoms with Crippen LogP contribution in [0, 0.1) is 11.6 Å². The van der Waals surface area contributed by atoms with Gasteiger partial charge in [0.05, 0.1) is 11.0 Å². The molecule has 1 N–H and O–H groups in total. The molecule has 0 aliphatic heterocycles. The molecule has 0 saturated heterocycles. The van der Waals surface area contributed by atoms with Crippen LogP contribution in [0.5, 0.6) is 0 Å². The van der Waals surface area contributed by atoms with Gasteiger partial charge in [0, 0.05) is 35.9 Å². The molecule has 0 spiro atoms. The summed E-state index contributed by atoms with van der Waals surface area (Å²) in [7, 11) is 0. The van der Waals surface area contributed by atoms with Gasteiger partial charge in [0.15, 0.2) is 11.6 Å². The van der Waals surface area contributed by atoms with Crippen molar-refractivity contribution in [2.24, 2.45) is 0 Å². The van der Waals surface area contributed by atoms with Gasteiger partial charge in [-0.05, 0) is 30.7 Å². The molecule has 3 aromatic rings. The predicted molar refractivity (Wildman–Crippen MR) is 81.8 cm³/mol. The Morgan fingerprint density at radius 2 is 1.77 bits per heavy atom. The number of hydrogen-bond donors (Lipinski definition) is 1. The lowest BCUT2D eigenvalue weighted by Gasteiger charge is -2.08. The molecule has 0 saturated carbocycles. The minimum Gasteiger partial charge on any atom is -0.396 e. The molecule has 0 bridgehead atoms. The molecular formula is C16H13ClF2N2O. The number of nitrogens with zero attached hydrogens (tertiary/aromatic N) is 2. The van der Waals surface area contributed by atoms with Gasteiger partial charge in [0.1, 0.15) is 5.82 Å². The molecule has 0 fully saturated rings.